The summed E-state index contributed by atoms with van der Waals surface area (Å²) < 4.78 is 1.57. The summed E-state index contributed by atoms with van der Waals surface area (Å²) in [5, 5.41) is 15.9. The van der Waals surface area contributed by atoms with Crippen LogP contribution in [0.25, 0.3) is 10.9 Å². The first-order valence-corrected chi connectivity index (χ1v) is 9.31. The summed E-state index contributed by atoms with van der Waals surface area (Å²) in [6, 6.07) is 7.95. The number of amides is 1. The molecule has 0 aliphatic heterocycles. The van der Waals surface area contributed by atoms with E-state index in [1.807, 2.05) is 6.07 Å². The maximum absolute atomic E-state index is 13.1. The van der Waals surface area contributed by atoms with Crippen molar-refractivity contribution in [3.05, 3.63) is 41.9 Å². The van der Waals surface area contributed by atoms with Gasteiger partial charge in [0.25, 0.3) is 0 Å². The zero-order valence-corrected chi connectivity index (χ0v) is 15.1. The van der Waals surface area contributed by atoms with Crippen molar-refractivity contribution in [1.82, 2.24) is 30.5 Å². The minimum Gasteiger partial charge on any atom is -0.356 e. The highest BCUT2D eigenvalue weighted by atomic mass is 16.2. The normalized spacial score (nSPS) is 19.1. The van der Waals surface area contributed by atoms with Crippen molar-refractivity contribution in [3.8, 4) is 0 Å². The summed E-state index contributed by atoms with van der Waals surface area (Å²) >= 11 is 0. The monoisotopic (exact) mass is 352 g/mol. The van der Waals surface area contributed by atoms with Crippen LogP contribution < -0.4 is 5.32 Å². The zero-order valence-electron chi connectivity index (χ0n) is 15.1. The number of hydrogen-bond donors (Lipinski definition) is 2. The van der Waals surface area contributed by atoms with E-state index in [0.29, 0.717) is 0 Å². The molecule has 2 N–H and O–H groups in total. The van der Waals surface area contributed by atoms with Crippen LogP contribution in [0.1, 0.15) is 56.5 Å². The van der Waals surface area contributed by atoms with Gasteiger partial charge in [0.15, 0.2) is 0 Å². The van der Waals surface area contributed by atoms with Gasteiger partial charge in [-0.25, -0.2) is 4.68 Å². The van der Waals surface area contributed by atoms with Gasteiger partial charge in [0, 0.05) is 16.6 Å². The lowest BCUT2D eigenvalue weighted by atomic mass is 9.91. The number of nitrogens with zero attached hydrogens (tertiary/aromatic N) is 4. The number of nitrogens with one attached hydrogen (secondary N) is 2. The second-order valence-corrected chi connectivity index (χ2v) is 7.14. The molecule has 0 saturated carbocycles. The van der Waals surface area contributed by atoms with Crippen molar-refractivity contribution in [2.75, 3.05) is 0 Å². The molecule has 7 nitrogen and oxygen atoms in total. The van der Waals surface area contributed by atoms with Gasteiger partial charge < -0.3 is 10.3 Å². The zero-order chi connectivity index (χ0) is 18.1. The third kappa shape index (κ3) is 2.87. The van der Waals surface area contributed by atoms with Gasteiger partial charge in [-0.15, -0.1) is 5.10 Å². The number of H-pyrrole nitrogens is 1. The fourth-order valence-electron chi connectivity index (χ4n) is 3.97. The predicted octanol–water partition coefficient (Wildman–Crippen LogP) is 2.94. The standard InChI is InChI=1S/C19H24N6O/c1-3-12(2)18(25-11-20-23-24-25)19(26)22-16-10-6-8-14-13-7-4-5-9-15(13)21-17(14)16/h4-5,7,9,11-12,16,18,21H,3,6,8,10H2,1-2H3,(H,22,26)/t12-,16+,18-/m0/s1. The fraction of sp³-hybridized carbons (Fsp3) is 0.474. The number of fused-ring (bicyclic) bond motifs is 3. The number of para-hydroxylation sites is 1. The first kappa shape index (κ1) is 16.8. The first-order chi connectivity index (χ1) is 12.7. The molecule has 0 spiro atoms. The summed E-state index contributed by atoms with van der Waals surface area (Å²) in [5.41, 5.74) is 3.61. The molecule has 0 bridgehead atoms. The van der Waals surface area contributed by atoms with Gasteiger partial charge in [-0.2, -0.15) is 0 Å². The average Bonchev–Trinajstić information content (AvgIpc) is 3.30. The van der Waals surface area contributed by atoms with E-state index in [2.05, 4.69) is 57.9 Å². The van der Waals surface area contributed by atoms with Gasteiger partial charge in [0.2, 0.25) is 5.91 Å². The highest BCUT2D eigenvalue weighted by Gasteiger charge is 2.31. The Bertz CT molecular complexity index is 900. The van der Waals surface area contributed by atoms with Crippen molar-refractivity contribution in [2.45, 2.75) is 51.6 Å². The number of aromatic amines is 1. The van der Waals surface area contributed by atoms with Crippen LogP contribution in [0.5, 0.6) is 0 Å². The third-order valence-corrected chi connectivity index (χ3v) is 5.53. The lowest BCUT2D eigenvalue weighted by molar-refractivity contribution is -0.127. The second kappa shape index (κ2) is 6.90. The molecule has 0 unspecified atom stereocenters. The quantitative estimate of drug-likeness (QED) is 0.739. The molecule has 1 amide bonds. The van der Waals surface area contributed by atoms with Crippen molar-refractivity contribution in [1.29, 1.82) is 0 Å². The molecule has 4 rings (SSSR count). The summed E-state index contributed by atoms with van der Waals surface area (Å²) in [7, 11) is 0. The highest BCUT2D eigenvalue weighted by molar-refractivity contribution is 5.86. The molecule has 2 heterocycles. The van der Waals surface area contributed by atoms with Crippen molar-refractivity contribution < 1.29 is 4.79 Å². The molecule has 3 atom stereocenters. The molecule has 1 aliphatic carbocycles. The largest absolute Gasteiger partial charge is 0.356 e. The van der Waals surface area contributed by atoms with Crippen molar-refractivity contribution in [3.63, 3.8) is 0 Å². The fourth-order valence-corrected chi connectivity index (χ4v) is 3.97. The SMILES string of the molecule is CC[C@H](C)[C@@H](C(=O)N[C@@H]1CCCc2c1[nH]c1ccccc21)n1cnnn1. The molecule has 0 saturated heterocycles. The molecule has 136 valence electrons. The summed E-state index contributed by atoms with van der Waals surface area (Å²) in [6.45, 7) is 4.13. The number of benzene rings is 1. The summed E-state index contributed by atoms with van der Waals surface area (Å²) in [5.74, 6) is 0.118. The lowest BCUT2D eigenvalue weighted by Crippen LogP contribution is -2.39. The highest BCUT2D eigenvalue weighted by Crippen LogP contribution is 2.35. The smallest absolute Gasteiger partial charge is 0.245 e. The molecule has 1 aromatic carbocycles. The number of hydrogen-bond acceptors (Lipinski definition) is 4. The van der Waals surface area contributed by atoms with E-state index in [9.17, 15) is 4.79 Å². The minimum absolute atomic E-state index is 0.00156. The molecule has 3 aromatic rings. The Morgan fingerprint density at radius 3 is 3.04 bits per heavy atom. The average molecular weight is 352 g/mol. The topological polar surface area (TPSA) is 88.5 Å². The maximum atomic E-state index is 13.1. The number of aryl methyl sites for hydroxylation is 1. The van der Waals surface area contributed by atoms with Gasteiger partial charge in [-0.1, -0.05) is 38.5 Å². The summed E-state index contributed by atoms with van der Waals surface area (Å²) in [4.78, 5) is 16.6. The first-order valence-electron chi connectivity index (χ1n) is 9.31. The molecule has 26 heavy (non-hydrogen) atoms. The van der Waals surface area contributed by atoms with Crippen molar-refractivity contribution >= 4 is 16.8 Å². The molecule has 0 radical (unpaired) electrons. The molecule has 1 aliphatic rings. The molecule has 0 fully saturated rings. The lowest BCUT2D eigenvalue weighted by Gasteiger charge is -2.28. The van der Waals surface area contributed by atoms with Crippen LogP contribution >= 0.6 is 0 Å². The van der Waals surface area contributed by atoms with E-state index >= 15 is 0 Å². The molecular weight excluding hydrogens is 328 g/mol. The number of rotatable bonds is 5. The third-order valence-electron chi connectivity index (χ3n) is 5.53. The van der Waals surface area contributed by atoms with E-state index in [-0.39, 0.29) is 17.9 Å². The number of carbonyl (C=O) groups is 1. The van der Waals surface area contributed by atoms with Gasteiger partial charge >= 0.3 is 0 Å². The number of carbonyl (C=O) groups excluding carboxylic acids is 1. The van der Waals surface area contributed by atoms with Gasteiger partial charge in [-0.05, 0) is 47.2 Å². The van der Waals surface area contributed by atoms with Crippen LogP contribution in [-0.2, 0) is 11.2 Å². The predicted molar refractivity (Wildman–Crippen MR) is 98.4 cm³/mol. The Hall–Kier alpha value is -2.70. The Kier molecular flexibility index (Phi) is 4.44. The minimum atomic E-state index is -0.398. The van der Waals surface area contributed by atoms with Crippen LogP contribution in [-0.4, -0.2) is 31.1 Å². The van der Waals surface area contributed by atoms with E-state index < -0.39 is 6.04 Å². The van der Waals surface area contributed by atoms with Crippen LogP contribution in [0, 0.1) is 5.92 Å². The van der Waals surface area contributed by atoms with E-state index in [4.69, 9.17) is 0 Å². The van der Waals surface area contributed by atoms with Gasteiger partial charge in [0.1, 0.15) is 12.4 Å². The Labute approximate surface area is 152 Å². The van der Waals surface area contributed by atoms with E-state index in [1.165, 1.54) is 17.3 Å². The number of aromatic nitrogens is 5. The Morgan fingerprint density at radius 1 is 1.42 bits per heavy atom. The molecular formula is C19H24N6O. The van der Waals surface area contributed by atoms with Crippen LogP contribution in [0.2, 0.25) is 0 Å². The second-order valence-electron chi connectivity index (χ2n) is 7.14. The van der Waals surface area contributed by atoms with Crippen molar-refractivity contribution in [2.24, 2.45) is 5.92 Å². The van der Waals surface area contributed by atoms with Crippen LogP contribution in [0.3, 0.4) is 0 Å². The van der Waals surface area contributed by atoms with Gasteiger partial charge in [-0.3, -0.25) is 4.79 Å². The number of tetrazole rings is 1. The maximum Gasteiger partial charge on any atom is 0.245 e. The van der Waals surface area contributed by atoms with Crippen LogP contribution in [0.15, 0.2) is 30.6 Å². The Morgan fingerprint density at radius 2 is 2.27 bits per heavy atom. The van der Waals surface area contributed by atoms with Crippen LogP contribution in [0.4, 0.5) is 0 Å². The Balaban J connectivity index is 1.62. The summed E-state index contributed by atoms with van der Waals surface area (Å²) in [6.07, 6.45) is 5.45. The van der Waals surface area contributed by atoms with E-state index in [1.54, 1.807) is 4.68 Å². The van der Waals surface area contributed by atoms with E-state index in [0.717, 1.165) is 36.9 Å². The van der Waals surface area contributed by atoms with Gasteiger partial charge in [0.05, 0.1) is 6.04 Å². The molecule has 7 heteroatoms. The molecule has 2 aromatic heterocycles.